The number of nitrogens with one attached hydrogen (secondary N) is 1. The summed E-state index contributed by atoms with van der Waals surface area (Å²) in [5, 5.41) is 6.50. The van der Waals surface area contributed by atoms with Crippen LogP contribution in [0.4, 0.5) is 4.39 Å². The number of carbonyl (C=O) groups is 1. The van der Waals surface area contributed by atoms with Gasteiger partial charge >= 0.3 is 0 Å². The minimum Gasteiger partial charge on any atom is -0.353 e. The molecular weight excluding hydrogens is 275 g/mol. The van der Waals surface area contributed by atoms with Crippen LogP contribution in [0.2, 0.25) is 0 Å². The first-order valence-corrected chi connectivity index (χ1v) is 7.52. The molecule has 1 aromatic rings. The van der Waals surface area contributed by atoms with E-state index in [2.05, 4.69) is 20.4 Å². The Morgan fingerprint density at radius 3 is 2.76 bits per heavy atom. The summed E-state index contributed by atoms with van der Waals surface area (Å²) >= 11 is 0. The molecule has 0 bridgehead atoms. The van der Waals surface area contributed by atoms with Crippen molar-refractivity contribution in [1.82, 2.24) is 20.4 Å². The highest BCUT2D eigenvalue weighted by molar-refractivity contribution is 5.80. The molecule has 116 valence electrons. The zero-order chi connectivity index (χ0) is 14.9. The Kier molecular flexibility index (Phi) is 3.93. The van der Waals surface area contributed by atoms with Gasteiger partial charge in [0.2, 0.25) is 11.8 Å². The molecule has 2 fully saturated rings. The van der Waals surface area contributed by atoms with E-state index in [9.17, 15) is 9.18 Å². The van der Waals surface area contributed by atoms with Gasteiger partial charge < -0.3 is 9.84 Å². The number of alkyl halides is 1. The number of hydrogen-bond acceptors (Lipinski definition) is 5. The third-order valence-electron chi connectivity index (χ3n) is 4.21. The Balaban J connectivity index is 1.43. The number of rotatable bonds is 5. The van der Waals surface area contributed by atoms with Gasteiger partial charge in [0.1, 0.15) is 5.67 Å². The molecule has 0 unspecified atom stereocenters. The minimum atomic E-state index is -1.29. The van der Waals surface area contributed by atoms with E-state index in [0.717, 1.165) is 12.8 Å². The van der Waals surface area contributed by atoms with E-state index in [0.29, 0.717) is 44.2 Å². The molecule has 21 heavy (non-hydrogen) atoms. The number of carbonyl (C=O) groups excluding carboxylic acids is 1. The van der Waals surface area contributed by atoms with Crippen molar-refractivity contribution in [3.05, 3.63) is 11.7 Å². The van der Waals surface area contributed by atoms with Gasteiger partial charge in [-0.05, 0) is 32.6 Å². The Bertz CT molecular complexity index is 507. The average Bonchev–Trinajstić information content (AvgIpc) is 3.23. The molecule has 3 rings (SSSR count). The van der Waals surface area contributed by atoms with Crippen molar-refractivity contribution in [2.75, 3.05) is 19.6 Å². The Morgan fingerprint density at radius 2 is 2.19 bits per heavy atom. The van der Waals surface area contributed by atoms with Crippen LogP contribution in [0.5, 0.6) is 0 Å². The van der Waals surface area contributed by atoms with Crippen molar-refractivity contribution in [2.45, 2.75) is 44.8 Å². The fourth-order valence-corrected chi connectivity index (χ4v) is 2.62. The SMILES string of the molecule is Cc1noc(CN2CCC(F)(CNC(=O)C3CC3)CC2)n1. The van der Waals surface area contributed by atoms with Crippen LogP contribution in [0, 0.1) is 12.8 Å². The van der Waals surface area contributed by atoms with Crippen LogP contribution in [0.25, 0.3) is 0 Å². The summed E-state index contributed by atoms with van der Waals surface area (Å²) in [6.45, 7) is 3.74. The van der Waals surface area contributed by atoms with Crippen LogP contribution < -0.4 is 5.32 Å². The van der Waals surface area contributed by atoms with E-state index in [4.69, 9.17) is 4.52 Å². The van der Waals surface area contributed by atoms with Crippen molar-refractivity contribution >= 4 is 5.91 Å². The summed E-state index contributed by atoms with van der Waals surface area (Å²) in [6, 6.07) is 0. The number of halogens is 1. The molecule has 0 spiro atoms. The smallest absolute Gasteiger partial charge is 0.240 e. The number of amides is 1. The summed E-state index contributed by atoms with van der Waals surface area (Å²) < 4.78 is 19.7. The van der Waals surface area contributed by atoms with Crippen LogP contribution >= 0.6 is 0 Å². The highest BCUT2D eigenvalue weighted by atomic mass is 19.1. The van der Waals surface area contributed by atoms with Gasteiger partial charge in [0.25, 0.3) is 0 Å². The van der Waals surface area contributed by atoms with Gasteiger partial charge in [-0.3, -0.25) is 9.69 Å². The molecule has 0 aromatic carbocycles. The van der Waals surface area contributed by atoms with Gasteiger partial charge in [-0.2, -0.15) is 4.98 Å². The lowest BCUT2D eigenvalue weighted by atomic mass is 9.93. The lowest BCUT2D eigenvalue weighted by molar-refractivity contribution is -0.123. The Labute approximate surface area is 123 Å². The number of likely N-dealkylation sites (tertiary alicyclic amines) is 1. The molecule has 1 saturated heterocycles. The van der Waals surface area contributed by atoms with Crippen LogP contribution in [-0.4, -0.2) is 46.3 Å². The molecule has 1 aromatic heterocycles. The second kappa shape index (κ2) is 5.71. The topological polar surface area (TPSA) is 71.3 Å². The number of hydrogen-bond donors (Lipinski definition) is 1. The van der Waals surface area contributed by atoms with Crippen molar-refractivity contribution in [3.63, 3.8) is 0 Å². The molecule has 1 amide bonds. The van der Waals surface area contributed by atoms with Crippen LogP contribution in [0.15, 0.2) is 4.52 Å². The second-order valence-corrected chi connectivity index (χ2v) is 6.15. The van der Waals surface area contributed by atoms with Gasteiger partial charge in [-0.1, -0.05) is 5.16 Å². The molecule has 2 heterocycles. The molecule has 0 atom stereocenters. The molecule has 1 aliphatic carbocycles. The summed E-state index contributed by atoms with van der Waals surface area (Å²) in [5.74, 6) is 1.33. The molecular formula is C14H21FN4O2. The Hall–Kier alpha value is -1.50. The second-order valence-electron chi connectivity index (χ2n) is 6.15. The maximum absolute atomic E-state index is 14.6. The predicted octanol–water partition coefficient (Wildman–Crippen LogP) is 1.21. The van der Waals surface area contributed by atoms with Gasteiger partial charge in [0.15, 0.2) is 5.82 Å². The number of piperidine rings is 1. The monoisotopic (exact) mass is 296 g/mol. The summed E-state index contributed by atoms with van der Waals surface area (Å²) in [5.41, 5.74) is -1.29. The summed E-state index contributed by atoms with van der Waals surface area (Å²) in [4.78, 5) is 17.8. The fourth-order valence-electron chi connectivity index (χ4n) is 2.62. The van der Waals surface area contributed by atoms with Gasteiger partial charge in [0, 0.05) is 19.0 Å². The predicted molar refractivity (Wildman–Crippen MR) is 73.1 cm³/mol. The highest BCUT2D eigenvalue weighted by Crippen LogP contribution is 2.30. The minimum absolute atomic E-state index is 0.00999. The van der Waals surface area contributed by atoms with E-state index in [1.165, 1.54) is 0 Å². The molecule has 0 radical (unpaired) electrons. The van der Waals surface area contributed by atoms with Crippen molar-refractivity contribution in [2.24, 2.45) is 5.92 Å². The maximum Gasteiger partial charge on any atom is 0.240 e. The quantitative estimate of drug-likeness (QED) is 0.884. The molecule has 1 saturated carbocycles. The zero-order valence-electron chi connectivity index (χ0n) is 12.3. The van der Waals surface area contributed by atoms with Crippen LogP contribution in [-0.2, 0) is 11.3 Å². The number of nitrogens with zero attached hydrogens (tertiary/aromatic N) is 3. The average molecular weight is 296 g/mol. The van der Waals surface area contributed by atoms with E-state index in [-0.39, 0.29) is 18.4 Å². The summed E-state index contributed by atoms with van der Waals surface area (Å²) in [6.07, 6.45) is 2.74. The fraction of sp³-hybridized carbons (Fsp3) is 0.786. The first-order valence-electron chi connectivity index (χ1n) is 7.52. The molecule has 1 N–H and O–H groups in total. The summed E-state index contributed by atoms with van der Waals surface area (Å²) in [7, 11) is 0. The normalized spacial score (nSPS) is 22.2. The van der Waals surface area contributed by atoms with Crippen molar-refractivity contribution in [1.29, 1.82) is 0 Å². The highest BCUT2D eigenvalue weighted by Gasteiger charge is 2.37. The standard InChI is InChI=1S/C14H21FN4O2/c1-10-17-12(21-18-10)8-19-6-4-14(15,5-7-19)9-16-13(20)11-2-3-11/h11H,2-9H2,1H3,(H,16,20). The molecule has 2 aliphatic rings. The number of aryl methyl sites for hydroxylation is 1. The Morgan fingerprint density at radius 1 is 1.48 bits per heavy atom. The lowest BCUT2D eigenvalue weighted by Gasteiger charge is -2.35. The van der Waals surface area contributed by atoms with Crippen molar-refractivity contribution in [3.8, 4) is 0 Å². The number of aromatic nitrogens is 2. The third kappa shape index (κ3) is 3.78. The zero-order valence-corrected chi connectivity index (χ0v) is 12.3. The largest absolute Gasteiger partial charge is 0.353 e. The van der Waals surface area contributed by atoms with Gasteiger partial charge in [0.05, 0.1) is 13.1 Å². The van der Waals surface area contributed by atoms with E-state index >= 15 is 0 Å². The molecule has 1 aliphatic heterocycles. The first-order chi connectivity index (χ1) is 10.0. The van der Waals surface area contributed by atoms with Gasteiger partial charge in [-0.25, -0.2) is 4.39 Å². The van der Waals surface area contributed by atoms with E-state index in [1.807, 2.05) is 0 Å². The molecule has 6 nitrogen and oxygen atoms in total. The van der Waals surface area contributed by atoms with Crippen LogP contribution in [0.3, 0.4) is 0 Å². The third-order valence-corrected chi connectivity index (χ3v) is 4.21. The first kappa shape index (κ1) is 14.4. The van der Waals surface area contributed by atoms with Crippen molar-refractivity contribution < 1.29 is 13.7 Å². The van der Waals surface area contributed by atoms with E-state index in [1.54, 1.807) is 6.92 Å². The lowest BCUT2D eigenvalue weighted by Crippen LogP contribution is -2.48. The van der Waals surface area contributed by atoms with E-state index < -0.39 is 5.67 Å². The van der Waals surface area contributed by atoms with Crippen LogP contribution in [0.1, 0.15) is 37.4 Å². The van der Waals surface area contributed by atoms with Gasteiger partial charge in [-0.15, -0.1) is 0 Å². The maximum atomic E-state index is 14.6. The molecule has 7 heteroatoms.